The Bertz CT molecular complexity index is 389. The molecule has 0 amide bonds. The lowest BCUT2D eigenvalue weighted by Crippen LogP contribution is -2.46. The Hall–Kier alpha value is -0.580. The van der Waals surface area contributed by atoms with Gasteiger partial charge in [0.05, 0.1) is 0 Å². The minimum Gasteiger partial charge on any atom is -0.373 e. The number of likely N-dealkylation sites (N-methyl/N-ethyl adjacent to an activating group) is 1. The van der Waals surface area contributed by atoms with Crippen LogP contribution >= 0.6 is 15.9 Å². The quantitative estimate of drug-likeness (QED) is 0.918. The van der Waals surface area contributed by atoms with Gasteiger partial charge in [-0.25, -0.2) is 0 Å². The molecule has 1 N–H and O–H groups in total. The van der Waals surface area contributed by atoms with Gasteiger partial charge >= 0.3 is 0 Å². The molecule has 1 aliphatic rings. The van der Waals surface area contributed by atoms with E-state index in [1.165, 1.54) is 24.3 Å². The van der Waals surface area contributed by atoms with Crippen molar-refractivity contribution in [2.75, 3.05) is 51.2 Å². The van der Waals surface area contributed by atoms with Gasteiger partial charge in [-0.05, 0) is 24.6 Å². The van der Waals surface area contributed by atoms with Crippen molar-refractivity contribution < 1.29 is 0 Å². The highest BCUT2D eigenvalue weighted by molar-refractivity contribution is 9.10. The zero-order valence-corrected chi connectivity index (χ0v) is 12.8. The number of halogens is 1. The van der Waals surface area contributed by atoms with Crippen molar-refractivity contribution >= 4 is 21.6 Å². The van der Waals surface area contributed by atoms with E-state index in [2.05, 4.69) is 63.2 Å². The van der Waals surface area contributed by atoms with Gasteiger partial charge in [-0.15, -0.1) is 0 Å². The first kappa shape index (κ1) is 13.8. The van der Waals surface area contributed by atoms with Crippen LogP contribution in [-0.2, 0) is 0 Å². The van der Waals surface area contributed by atoms with Crippen LogP contribution < -0.4 is 10.2 Å². The van der Waals surface area contributed by atoms with Crippen LogP contribution in [0.25, 0.3) is 0 Å². The third kappa shape index (κ3) is 3.70. The normalized spacial score (nSPS) is 16.8. The van der Waals surface area contributed by atoms with E-state index in [1.807, 2.05) is 0 Å². The Labute approximate surface area is 118 Å². The molecule has 0 aliphatic carbocycles. The Morgan fingerprint density at radius 3 is 2.78 bits per heavy atom. The number of rotatable bonds is 4. The maximum absolute atomic E-state index is 3.55. The number of nitrogens with zero attached hydrogens (tertiary/aromatic N) is 2. The standard InChI is InChI=1S/C14H22BrN3/c1-12-3-4-13(15)11-14(12)17(2)9-10-18-7-5-16-6-8-18/h3-4,11,16H,5-10H2,1-2H3. The first-order valence-electron chi connectivity index (χ1n) is 6.57. The Kier molecular flexibility index (Phi) is 5.03. The maximum atomic E-state index is 3.55. The van der Waals surface area contributed by atoms with Crippen LogP contribution in [0.4, 0.5) is 5.69 Å². The van der Waals surface area contributed by atoms with Gasteiger partial charge in [-0.1, -0.05) is 22.0 Å². The summed E-state index contributed by atoms with van der Waals surface area (Å²) in [6.45, 7) is 8.99. The number of hydrogen-bond acceptors (Lipinski definition) is 3. The number of piperazine rings is 1. The van der Waals surface area contributed by atoms with Gasteiger partial charge in [0.2, 0.25) is 0 Å². The highest BCUT2D eigenvalue weighted by atomic mass is 79.9. The van der Waals surface area contributed by atoms with Crippen LogP contribution in [0.2, 0.25) is 0 Å². The first-order valence-corrected chi connectivity index (χ1v) is 7.36. The molecule has 4 heteroatoms. The summed E-state index contributed by atoms with van der Waals surface area (Å²) >= 11 is 3.55. The van der Waals surface area contributed by atoms with Crippen molar-refractivity contribution in [3.8, 4) is 0 Å². The fraction of sp³-hybridized carbons (Fsp3) is 0.571. The van der Waals surface area contributed by atoms with E-state index in [-0.39, 0.29) is 0 Å². The lowest BCUT2D eigenvalue weighted by atomic mass is 10.2. The van der Waals surface area contributed by atoms with Gasteiger partial charge in [0.25, 0.3) is 0 Å². The minimum atomic E-state index is 1.08. The predicted octanol–water partition coefficient (Wildman–Crippen LogP) is 2.10. The van der Waals surface area contributed by atoms with Crippen molar-refractivity contribution in [1.82, 2.24) is 10.2 Å². The molecule has 0 unspecified atom stereocenters. The summed E-state index contributed by atoms with van der Waals surface area (Å²) in [5.41, 5.74) is 2.65. The monoisotopic (exact) mass is 311 g/mol. The second-order valence-corrected chi connectivity index (χ2v) is 5.86. The number of anilines is 1. The third-order valence-electron chi connectivity index (χ3n) is 3.54. The van der Waals surface area contributed by atoms with E-state index in [1.54, 1.807) is 0 Å². The molecule has 1 aromatic carbocycles. The minimum absolute atomic E-state index is 1.08. The highest BCUT2D eigenvalue weighted by Gasteiger charge is 2.11. The Morgan fingerprint density at radius 2 is 2.06 bits per heavy atom. The second kappa shape index (κ2) is 6.55. The van der Waals surface area contributed by atoms with E-state index in [0.717, 1.165) is 30.7 Å². The van der Waals surface area contributed by atoms with Crippen molar-refractivity contribution in [1.29, 1.82) is 0 Å². The molecule has 1 aromatic rings. The van der Waals surface area contributed by atoms with Crippen LogP contribution in [0.5, 0.6) is 0 Å². The van der Waals surface area contributed by atoms with Crippen LogP contribution in [0, 0.1) is 6.92 Å². The zero-order valence-electron chi connectivity index (χ0n) is 11.2. The van der Waals surface area contributed by atoms with Crippen LogP contribution in [0.1, 0.15) is 5.56 Å². The van der Waals surface area contributed by atoms with E-state index in [0.29, 0.717) is 0 Å². The van der Waals surface area contributed by atoms with Crippen molar-refractivity contribution in [2.24, 2.45) is 0 Å². The molecule has 0 bridgehead atoms. The smallest absolute Gasteiger partial charge is 0.0405 e. The molecule has 0 spiro atoms. The van der Waals surface area contributed by atoms with Gasteiger partial charge in [0.1, 0.15) is 0 Å². The molecule has 3 nitrogen and oxygen atoms in total. The van der Waals surface area contributed by atoms with E-state index >= 15 is 0 Å². The number of nitrogens with one attached hydrogen (secondary N) is 1. The molecule has 1 saturated heterocycles. The molecule has 18 heavy (non-hydrogen) atoms. The summed E-state index contributed by atoms with van der Waals surface area (Å²) in [5, 5.41) is 3.39. The fourth-order valence-electron chi connectivity index (χ4n) is 2.34. The zero-order chi connectivity index (χ0) is 13.0. The molecule has 0 radical (unpaired) electrons. The van der Waals surface area contributed by atoms with Gasteiger partial charge in [0.15, 0.2) is 0 Å². The van der Waals surface area contributed by atoms with Crippen LogP contribution in [-0.4, -0.2) is 51.2 Å². The van der Waals surface area contributed by atoms with Gasteiger partial charge in [-0.3, -0.25) is 4.90 Å². The van der Waals surface area contributed by atoms with Crippen LogP contribution in [0.15, 0.2) is 22.7 Å². The molecule has 0 saturated carbocycles. The van der Waals surface area contributed by atoms with Crippen LogP contribution in [0.3, 0.4) is 0 Å². The molecule has 0 atom stereocenters. The fourth-order valence-corrected chi connectivity index (χ4v) is 2.69. The molecule has 1 aliphatic heterocycles. The molecule has 2 rings (SSSR count). The highest BCUT2D eigenvalue weighted by Crippen LogP contribution is 2.23. The van der Waals surface area contributed by atoms with E-state index in [4.69, 9.17) is 0 Å². The summed E-state index contributed by atoms with van der Waals surface area (Å²) in [7, 11) is 2.18. The lowest BCUT2D eigenvalue weighted by molar-refractivity contribution is 0.246. The molecule has 1 heterocycles. The van der Waals surface area contributed by atoms with Crippen molar-refractivity contribution in [3.05, 3.63) is 28.2 Å². The molecule has 100 valence electrons. The maximum Gasteiger partial charge on any atom is 0.0405 e. The second-order valence-electron chi connectivity index (χ2n) is 4.94. The van der Waals surface area contributed by atoms with Crippen molar-refractivity contribution in [3.63, 3.8) is 0 Å². The average molecular weight is 312 g/mol. The number of aryl methyl sites for hydroxylation is 1. The lowest BCUT2D eigenvalue weighted by Gasteiger charge is -2.30. The Balaban J connectivity index is 1.90. The summed E-state index contributed by atoms with van der Waals surface area (Å²) in [5.74, 6) is 0. The Morgan fingerprint density at radius 1 is 1.33 bits per heavy atom. The summed E-state index contributed by atoms with van der Waals surface area (Å²) < 4.78 is 1.15. The SMILES string of the molecule is Cc1ccc(Br)cc1N(C)CCN1CCNCC1. The molecular weight excluding hydrogens is 290 g/mol. The number of hydrogen-bond donors (Lipinski definition) is 1. The van der Waals surface area contributed by atoms with E-state index in [9.17, 15) is 0 Å². The topological polar surface area (TPSA) is 18.5 Å². The largest absolute Gasteiger partial charge is 0.373 e. The van der Waals surface area contributed by atoms with Crippen molar-refractivity contribution in [2.45, 2.75) is 6.92 Å². The molecule has 1 fully saturated rings. The molecule has 0 aromatic heterocycles. The summed E-state index contributed by atoms with van der Waals surface area (Å²) in [6.07, 6.45) is 0. The van der Waals surface area contributed by atoms with Gasteiger partial charge in [0, 0.05) is 56.5 Å². The predicted molar refractivity (Wildman–Crippen MR) is 81.5 cm³/mol. The summed E-state index contributed by atoms with van der Waals surface area (Å²) in [6, 6.07) is 6.47. The van der Waals surface area contributed by atoms with Gasteiger partial charge < -0.3 is 10.2 Å². The third-order valence-corrected chi connectivity index (χ3v) is 4.04. The summed E-state index contributed by atoms with van der Waals surface area (Å²) in [4.78, 5) is 4.88. The molecular formula is C14H22BrN3. The first-order chi connectivity index (χ1) is 8.66. The average Bonchev–Trinajstić information content (AvgIpc) is 2.40. The number of benzene rings is 1. The van der Waals surface area contributed by atoms with E-state index < -0.39 is 0 Å². The van der Waals surface area contributed by atoms with Gasteiger partial charge in [-0.2, -0.15) is 0 Å².